The van der Waals surface area contributed by atoms with E-state index in [2.05, 4.69) is 50.6 Å². The molecule has 1 aliphatic rings. The molecule has 19 heteroatoms. The van der Waals surface area contributed by atoms with E-state index in [0.717, 1.165) is 30.0 Å². The number of pyridine rings is 1. The first-order chi connectivity index (χ1) is 20.8. The number of nitrogens with one attached hydrogen (secondary N) is 3. The fourth-order valence-corrected chi connectivity index (χ4v) is 4.43. The van der Waals surface area contributed by atoms with Crippen LogP contribution in [-0.2, 0) is 9.59 Å². The molecule has 45 heavy (non-hydrogen) atoms. The zero-order valence-corrected chi connectivity index (χ0v) is 23.5. The van der Waals surface area contributed by atoms with E-state index >= 15 is 0 Å². The summed E-state index contributed by atoms with van der Waals surface area (Å²) >= 11 is 0. The number of alkyl halides is 6. The molecule has 0 radical (unpaired) electrons. The Morgan fingerprint density at radius 1 is 1.02 bits per heavy atom. The van der Waals surface area contributed by atoms with E-state index in [-0.39, 0.29) is 5.65 Å². The van der Waals surface area contributed by atoms with Crippen LogP contribution in [0.1, 0.15) is 25.1 Å². The molecule has 0 amide bonds. The van der Waals surface area contributed by atoms with Crippen LogP contribution < -0.4 is 15.5 Å². The molecule has 3 aromatic heterocycles. The first-order valence-electron chi connectivity index (χ1n) is 12.8. The number of fused-ring (bicyclic) bond motifs is 2. The minimum absolute atomic E-state index is 0.275. The van der Waals surface area contributed by atoms with Gasteiger partial charge in [0.05, 0.1) is 27.8 Å². The number of carboxylic acids is 2. The number of aromatic nitrogens is 4. The van der Waals surface area contributed by atoms with Crippen molar-refractivity contribution in [3.8, 4) is 6.07 Å². The number of aromatic amines is 1. The van der Waals surface area contributed by atoms with E-state index in [9.17, 15) is 36.0 Å². The molecule has 4 aromatic rings. The summed E-state index contributed by atoms with van der Waals surface area (Å²) in [4.78, 5) is 24.3. The Morgan fingerprint density at radius 2 is 1.58 bits per heavy atom. The van der Waals surface area contributed by atoms with Gasteiger partial charge in [-0.3, -0.25) is 5.10 Å². The van der Waals surface area contributed by atoms with Gasteiger partial charge in [0, 0.05) is 49.3 Å². The maximum Gasteiger partial charge on any atom is 0.490 e. The van der Waals surface area contributed by atoms with Crippen molar-refractivity contribution in [1.82, 2.24) is 24.9 Å². The van der Waals surface area contributed by atoms with Crippen molar-refractivity contribution in [2.24, 2.45) is 0 Å². The fraction of sp³-hybridized carbons (Fsp3) is 0.346. The third-order valence-corrected chi connectivity index (χ3v) is 6.07. The predicted octanol–water partition coefficient (Wildman–Crippen LogP) is 4.73. The van der Waals surface area contributed by atoms with E-state index < -0.39 is 30.1 Å². The number of benzene rings is 1. The van der Waals surface area contributed by atoms with Gasteiger partial charge in [-0.1, -0.05) is 0 Å². The monoisotopic (exact) mass is 646 g/mol. The average Bonchev–Trinajstić information content (AvgIpc) is 3.50. The van der Waals surface area contributed by atoms with E-state index in [1.165, 1.54) is 6.07 Å². The quantitative estimate of drug-likeness (QED) is 0.196. The number of hydrogen-bond acceptors (Lipinski definition) is 8. The summed E-state index contributed by atoms with van der Waals surface area (Å²) in [7, 11) is 0. The number of aryl methyl sites for hydroxylation is 1. The number of hydrogen-bond donors (Lipinski definition) is 5. The molecule has 1 fully saturated rings. The maximum absolute atomic E-state index is 14.5. The third kappa shape index (κ3) is 8.72. The Morgan fingerprint density at radius 3 is 2.09 bits per heavy atom. The number of aliphatic carboxylic acids is 2. The molecule has 0 spiro atoms. The number of carboxylic acid groups (broad SMARTS) is 2. The third-order valence-electron chi connectivity index (χ3n) is 6.07. The number of nitriles is 1. The van der Waals surface area contributed by atoms with E-state index in [4.69, 9.17) is 19.8 Å². The number of nitrogens with zero attached hydrogens (tertiary/aromatic N) is 5. The molecule has 0 unspecified atom stereocenters. The van der Waals surface area contributed by atoms with Crippen molar-refractivity contribution in [1.29, 1.82) is 5.26 Å². The van der Waals surface area contributed by atoms with Crippen LogP contribution in [0.3, 0.4) is 0 Å². The summed E-state index contributed by atoms with van der Waals surface area (Å²) in [5, 5.41) is 38.8. The summed E-state index contributed by atoms with van der Waals surface area (Å²) in [5.41, 5.74) is 3.79. The van der Waals surface area contributed by atoms with Gasteiger partial charge in [0.2, 0.25) is 0 Å². The van der Waals surface area contributed by atoms with Crippen molar-refractivity contribution >= 4 is 45.7 Å². The van der Waals surface area contributed by atoms with Crippen LogP contribution in [0.25, 0.3) is 16.6 Å². The highest BCUT2D eigenvalue weighted by Crippen LogP contribution is 2.32. The van der Waals surface area contributed by atoms with Gasteiger partial charge in [-0.25, -0.2) is 19.0 Å². The Labute approximate surface area is 249 Å². The molecular formula is C26H25F7N8O4. The highest BCUT2D eigenvalue weighted by Gasteiger charge is 2.38. The zero-order chi connectivity index (χ0) is 33.9. The molecule has 1 saturated heterocycles. The topological polar surface area (TPSA) is 172 Å². The van der Waals surface area contributed by atoms with Crippen LogP contribution in [0.5, 0.6) is 0 Å². The Balaban J connectivity index is 0.000000331. The van der Waals surface area contributed by atoms with Gasteiger partial charge in [0.25, 0.3) is 0 Å². The molecule has 0 bridgehead atoms. The number of halogens is 7. The van der Waals surface area contributed by atoms with E-state index in [1.807, 2.05) is 19.1 Å². The van der Waals surface area contributed by atoms with E-state index in [0.29, 0.717) is 34.5 Å². The van der Waals surface area contributed by atoms with Crippen LogP contribution in [-0.4, -0.2) is 79.3 Å². The lowest BCUT2D eigenvalue weighted by Crippen LogP contribution is -2.54. The van der Waals surface area contributed by atoms with Crippen molar-refractivity contribution in [2.75, 3.05) is 23.3 Å². The lowest BCUT2D eigenvalue weighted by atomic mass is 10.1. The summed E-state index contributed by atoms with van der Waals surface area (Å²) in [6.45, 7) is 7.86. The number of anilines is 3. The highest BCUT2D eigenvalue weighted by molar-refractivity contribution is 5.98. The van der Waals surface area contributed by atoms with Gasteiger partial charge in [-0.05, 0) is 32.9 Å². The molecule has 242 valence electrons. The van der Waals surface area contributed by atoms with Crippen molar-refractivity contribution in [3.05, 3.63) is 47.7 Å². The molecule has 0 aliphatic carbocycles. The van der Waals surface area contributed by atoms with Crippen LogP contribution in [0.2, 0.25) is 0 Å². The van der Waals surface area contributed by atoms with Gasteiger partial charge >= 0.3 is 24.3 Å². The largest absolute Gasteiger partial charge is 0.490 e. The molecule has 0 saturated carbocycles. The number of piperazine rings is 1. The standard InChI is InChI=1S/C22H23FN8.2C2HF3O2/c1-12-8-30(9-13(2)25-12)17-4-15(7-24)20-19(6-17)28-29-21(20)27-16-5-18(23)22-26-14(3)10-31(22)11-16;2*3-2(4,5)1(6)7/h4-6,10-13,25H,8-9H2,1-3H3,(H2,27,28,29);2*(H,6,7)/t12-,13+;;. The summed E-state index contributed by atoms with van der Waals surface area (Å²) in [5.74, 6) is -5.46. The lowest BCUT2D eigenvalue weighted by molar-refractivity contribution is -0.193. The van der Waals surface area contributed by atoms with Gasteiger partial charge in [0.15, 0.2) is 17.3 Å². The molecule has 5 rings (SSSR count). The molecule has 1 aromatic carbocycles. The van der Waals surface area contributed by atoms with Crippen molar-refractivity contribution in [3.63, 3.8) is 0 Å². The smallest absolute Gasteiger partial charge is 0.475 e. The Hall–Kier alpha value is -5.12. The second kappa shape index (κ2) is 13.3. The average molecular weight is 647 g/mol. The summed E-state index contributed by atoms with van der Waals surface area (Å²) < 4.78 is 79.6. The number of rotatable bonds is 3. The van der Waals surface area contributed by atoms with Crippen LogP contribution >= 0.6 is 0 Å². The maximum atomic E-state index is 14.5. The normalized spacial score (nSPS) is 16.7. The molecule has 5 N–H and O–H groups in total. The fourth-order valence-electron chi connectivity index (χ4n) is 4.43. The summed E-state index contributed by atoms with van der Waals surface area (Å²) in [6, 6.07) is 8.32. The molecule has 2 atom stereocenters. The molecular weight excluding hydrogens is 621 g/mol. The van der Waals surface area contributed by atoms with E-state index in [1.54, 1.807) is 16.8 Å². The van der Waals surface area contributed by atoms with Crippen LogP contribution in [0, 0.1) is 24.1 Å². The number of imidazole rings is 1. The molecule has 1 aliphatic heterocycles. The number of carbonyl (C=O) groups is 2. The van der Waals surface area contributed by atoms with Gasteiger partial charge in [-0.15, -0.1) is 0 Å². The lowest BCUT2D eigenvalue weighted by Gasteiger charge is -2.37. The Bertz CT molecular complexity index is 1710. The number of H-pyrrole nitrogens is 1. The summed E-state index contributed by atoms with van der Waals surface area (Å²) in [6.07, 6.45) is -6.66. The van der Waals surface area contributed by atoms with Gasteiger partial charge in [0.1, 0.15) is 6.07 Å². The minimum Gasteiger partial charge on any atom is -0.475 e. The van der Waals surface area contributed by atoms with Crippen molar-refractivity contribution in [2.45, 2.75) is 45.2 Å². The van der Waals surface area contributed by atoms with Crippen LogP contribution in [0.4, 0.5) is 47.9 Å². The second-order valence-corrected chi connectivity index (χ2v) is 9.89. The highest BCUT2D eigenvalue weighted by atomic mass is 19.4. The molecule has 4 heterocycles. The second-order valence-electron chi connectivity index (χ2n) is 9.89. The van der Waals surface area contributed by atoms with Gasteiger partial charge < -0.3 is 30.1 Å². The minimum atomic E-state index is -5.08. The SMILES string of the molecule is Cc1cn2cc(Nc3n[nH]c4cc(N5C[C@@H](C)N[C@@H](C)C5)cc(C#N)c34)cc(F)c2n1.O=C(O)C(F)(F)F.O=C(O)C(F)(F)F. The van der Waals surface area contributed by atoms with Crippen molar-refractivity contribution < 1.29 is 50.5 Å². The zero-order valence-electron chi connectivity index (χ0n) is 23.5. The first kappa shape index (κ1) is 34.4. The predicted molar refractivity (Wildman–Crippen MR) is 146 cm³/mol. The van der Waals surface area contributed by atoms with Crippen LogP contribution in [0.15, 0.2) is 30.6 Å². The first-order valence-corrected chi connectivity index (χ1v) is 12.8. The van der Waals surface area contributed by atoms with Gasteiger partial charge in [-0.2, -0.15) is 36.7 Å². The Kier molecular flexibility index (Phi) is 10.1. The molecule has 12 nitrogen and oxygen atoms in total.